The number of hydrogen-bond acceptors (Lipinski definition) is 10. The van der Waals surface area contributed by atoms with Crippen molar-refractivity contribution in [1.29, 1.82) is 0 Å². The lowest BCUT2D eigenvalue weighted by molar-refractivity contribution is -0.286. The highest BCUT2D eigenvalue weighted by Gasteiger charge is 2.57. The van der Waals surface area contributed by atoms with Crippen LogP contribution in [0.1, 0.15) is 54.3 Å². The fourth-order valence-corrected chi connectivity index (χ4v) is 4.20. The Bertz CT molecular complexity index is 1000. The molecule has 1 unspecified atom stereocenters. The molecule has 3 rings (SSSR count). The van der Waals surface area contributed by atoms with Crippen molar-refractivity contribution < 1.29 is 47.7 Å². The summed E-state index contributed by atoms with van der Waals surface area (Å²) in [4.78, 5) is 63.2. The van der Waals surface area contributed by atoms with Gasteiger partial charge < -0.3 is 23.7 Å². The quantitative estimate of drug-likeness (QED) is 0.153. The molecule has 0 saturated carbocycles. The van der Waals surface area contributed by atoms with E-state index in [-0.39, 0.29) is 24.3 Å². The molecule has 2 aliphatic heterocycles. The predicted octanol–water partition coefficient (Wildman–Crippen LogP) is 1.79. The van der Waals surface area contributed by atoms with Crippen molar-refractivity contribution in [2.24, 2.45) is 0 Å². The van der Waals surface area contributed by atoms with Crippen LogP contribution in [0.25, 0.3) is 0 Å². The number of rotatable bonds is 10. The van der Waals surface area contributed by atoms with Crippen molar-refractivity contribution in [2.45, 2.75) is 64.3 Å². The average Bonchev–Trinajstić information content (AvgIpc) is 3.06. The molecular formula is C25H29NO10. The second kappa shape index (κ2) is 11.9. The van der Waals surface area contributed by atoms with Crippen molar-refractivity contribution in [2.75, 3.05) is 13.2 Å². The van der Waals surface area contributed by atoms with Crippen molar-refractivity contribution in [3.63, 3.8) is 0 Å². The van der Waals surface area contributed by atoms with Crippen LogP contribution in [0.2, 0.25) is 0 Å². The first-order chi connectivity index (χ1) is 17.1. The van der Waals surface area contributed by atoms with Crippen LogP contribution in [-0.2, 0) is 38.1 Å². The number of ether oxygens (including phenoxy) is 5. The number of hydrogen-bond donors (Lipinski definition) is 0. The molecule has 11 nitrogen and oxygen atoms in total. The smallest absolute Gasteiger partial charge is 0.303 e. The maximum atomic E-state index is 13.3. The zero-order chi connectivity index (χ0) is 26.4. The summed E-state index contributed by atoms with van der Waals surface area (Å²) in [5.74, 6) is -3.38. The Morgan fingerprint density at radius 2 is 1.56 bits per heavy atom. The van der Waals surface area contributed by atoms with Gasteiger partial charge in [-0.2, -0.15) is 0 Å². The van der Waals surface area contributed by atoms with Crippen LogP contribution < -0.4 is 0 Å². The lowest BCUT2D eigenvalue weighted by Gasteiger charge is -2.47. The van der Waals surface area contributed by atoms with E-state index in [2.05, 4.69) is 6.58 Å². The van der Waals surface area contributed by atoms with E-state index in [0.29, 0.717) is 12.8 Å². The zero-order valence-electron chi connectivity index (χ0n) is 20.3. The molecule has 2 amide bonds. The SMILES string of the molecule is C=CCCCOC1O[C@H](COC(C)=O)[C@@H](OC(C)=O)[C@H](OC(C)=O)[C@H]1N1C(=O)c2ccccc2C1=O. The first-order valence-corrected chi connectivity index (χ1v) is 11.5. The molecule has 0 aromatic heterocycles. The topological polar surface area (TPSA) is 135 Å². The van der Waals surface area contributed by atoms with Crippen molar-refractivity contribution in [1.82, 2.24) is 4.90 Å². The predicted molar refractivity (Wildman–Crippen MR) is 123 cm³/mol. The molecule has 0 radical (unpaired) electrons. The average molecular weight is 504 g/mol. The maximum absolute atomic E-state index is 13.3. The van der Waals surface area contributed by atoms with Crippen LogP contribution in [0.15, 0.2) is 36.9 Å². The molecule has 2 heterocycles. The molecule has 5 atom stereocenters. The van der Waals surface area contributed by atoms with E-state index in [9.17, 15) is 24.0 Å². The van der Waals surface area contributed by atoms with Crippen LogP contribution in [-0.4, -0.2) is 78.5 Å². The molecule has 1 saturated heterocycles. The van der Waals surface area contributed by atoms with E-state index in [1.807, 2.05) is 0 Å². The lowest BCUT2D eigenvalue weighted by Crippen LogP contribution is -2.67. The monoisotopic (exact) mass is 503 g/mol. The largest absolute Gasteiger partial charge is 0.463 e. The van der Waals surface area contributed by atoms with Crippen LogP contribution in [0, 0.1) is 0 Å². The van der Waals surface area contributed by atoms with Gasteiger partial charge in [0, 0.05) is 20.8 Å². The Morgan fingerprint density at radius 3 is 2.08 bits per heavy atom. The number of imide groups is 1. The Balaban J connectivity index is 2.06. The molecular weight excluding hydrogens is 474 g/mol. The molecule has 0 spiro atoms. The van der Waals surface area contributed by atoms with E-state index < -0.39 is 60.4 Å². The van der Waals surface area contributed by atoms with Crippen LogP contribution in [0.4, 0.5) is 0 Å². The lowest BCUT2D eigenvalue weighted by atomic mass is 9.94. The van der Waals surface area contributed by atoms with Gasteiger partial charge in [-0.1, -0.05) is 18.2 Å². The minimum atomic E-state index is -1.37. The van der Waals surface area contributed by atoms with Crippen molar-refractivity contribution in [3.8, 4) is 0 Å². The minimum Gasteiger partial charge on any atom is -0.463 e. The van der Waals surface area contributed by atoms with E-state index in [1.54, 1.807) is 18.2 Å². The van der Waals surface area contributed by atoms with Gasteiger partial charge in [-0.3, -0.25) is 28.9 Å². The number of esters is 3. The molecule has 11 heteroatoms. The fourth-order valence-electron chi connectivity index (χ4n) is 4.20. The third kappa shape index (κ3) is 5.97. The summed E-state index contributed by atoms with van der Waals surface area (Å²) in [5, 5.41) is 0. The number of carbonyl (C=O) groups is 5. The maximum Gasteiger partial charge on any atom is 0.303 e. The van der Waals surface area contributed by atoms with Crippen molar-refractivity contribution >= 4 is 29.7 Å². The second-order valence-electron chi connectivity index (χ2n) is 8.31. The summed E-state index contributed by atoms with van der Waals surface area (Å²) in [6.45, 7) is 6.94. The molecule has 2 aliphatic rings. The van der Waals surface area contributed by atoms with Gasteiger partial charge in [-0.05, 0) is 25.0 Å². The second-order valence-corrected chi connectivity index (χ2v) is 8.31. The summed E-state index contributed by atoms with van der Waals surface area (Å²) in [6, 6.07) is 4.95. The minimum absolute atomic E-state index is 0.154. The van der Waals surface area contributed by atoms with E-state index >= 15 is 0 Å². The third-order valence-corrected chi connectivity index (χ3v) is 5.63. The fraction of sp³-hybridized carbons (Fsp3) is 0.480. The van der Waals surface area contributed by atoms with Gasteiger partial charge in [-0.15, -0.1) is 6.58 Å². The summed E-state index contributed by atoms with van der Waals surface area (Å²) in [7, 11) is 0. The first-order valence-electron chi connectivity index (χ1n) is 11.5. The molecule has 0 N–H and O–H groups in total. The molecule has 194 valence electrons. The highest BCUT2D eigenvalue weighted by atomic mass is 16.7. The van der Waals surface area contributed by atoms with Gasteiger partial charge in [0.05, 0.1) is 17.7 Å². The Hall–Kier alpha value is -3.57. The molecule has 0 bridgehead atoms. The number of amides is 2. The number of unbranched alkanes of at least 4 members (excludes halogenated alkanes) is 1. The van der Waals surface area contributed by atoms with Gasteiger partial charge in [-0.25, -0.2) is 0 Å². The number of benzene rings is 1. The number of nitrogens with zero attached hydrogens (tertiary/aromatic N) is 1. The number of allylic oxidation sites excluding steroid dienone is 1. The molecule has 1 fully saturated rings. The Labute approximate surface area is 208 Å². The summed E-state index contributed by atoms with van der Waals surface area (Å²) < 4.78 is 28.0. The summed E-state index contributed by atoms with van der Waals surface area (Å²) >= 11 is 0. The van der Waals surface area contributed by atoms with E-state index in [0.717, 1.165) is 18.7 Å². The molecule has 1 aromatic carbocycles. The zero-order valence-corrected chi connectivity index (χ0v) is 20.3. The van der Waals surface area contributed by atoms with E-state index in [4.69, 9.17) is 23.7 Å². The molecule has 36 heavy (non-hydrogen) atoms. The van der Waals surface area contributed by atoms with Gasteiger partial charge in [0.15, 0.2) is 18.5 Å². The molecule has 0 aliphatic carbocycles. The third-order valence-electron chi connectivity index (χ3n) is 5.63. The van der Waals surface area contributed by atoms with Crippen LogP contribution >= 0.6 is 0 Å². The normalized spacial score (nSPS) is 25.2. The number of carbonyl (C=O) groups excluding carboxylic acids is 5. The first kappa shape index (κ1) is 27.0. The highest BCUT2D eigenvalue weighted by Crippen LogP contribution is 2.35. The standard InChI is InChI=1S/C25H29NO10/c1-5-6-9-12-32-25-20(26-23(30)17-10-7-8-11-18(17)24(26)31)22(35-16(4)29)21(34-15(3)28)19(36-25)13-33-14(2)27/h5,7-8,10-11,19-22,25H,1,6,9,12-13H2,2-4H3/t19-,20-,21-,22-,25?/m1/s1. The van der Waals surface area contributed by atoms with E-state index in [1.165, 1.54) is 19.1 Å². The molecule has 1 aromatic rings. The van der Waals surface area contributed by atoms with Crippen LogP contribution in [0.5, 0.6) is 0 Å². The Morgan fingerprint density at radius 1 is 0.972 bits per heavy atom. The summed E-state index contributed by atoms with van der Waals surface area (Å²) in [6.07, 6.45) is -2.19. The van der Waals surface area contributed by atoms with Crippen molar-refractivity contribution in [3.05, 3.63) is 48.0 Å². The van der Waals surface area contributed by atoms with Gasteiger partial charge in [0.25, 0.3) is 11.8 Å². The van der Waals surface area contributed by atoms with Gasteiger partial charge >= 0.3 is 17.9 Å². The number of fused-ring (bicyclic) bond motifs is 1. The van der Waals surface area contributed by atoms with Crippen LogP contribution in [0.3, 0.4) is 0 Å². The Kier molecular flexibility index (Phi) is 8.94. The summed E-state index contributed by atoms with van der Waals surface area (Å²) in [5.41, 5.74) is 0.334. The van der Waals surface area contributed by atoms with Gasteiger partial charge in [0.1, 0.15) is 18.8 Å². The van der Waals surface area contributed by atoms with Gasteiger partial charge in [0.2, 0.25) is 0 Å². The highest BCUT2D eigenvalue weighted by molar-refractivity contribution is 6.21.